The fourth-order valence-corrected chi connectivity index (χ4v) is 4.28. The second-order valence-corrected chi connectivity index (χ2v) is 8.22. The van der Waals surface area contributed by atoms with Crippen molar-refractivity contribution in [3.05, 3.63) is 65.2 Å². The summed E-state index contributed by atoms with van der Waals surface area (Å²) in [6, 6.07) is 15.5. The van der Waals surface area contributed by atoms with E-state index in [1.807, 2.05) is 18.2 Å². The maximum absolute atomic E-state index is 12.3. The summed E-state index contributed by atoms with van der Waals surface area (Å²) < 4.78 is 12.8. The molecule has 1 heterocycles. The quantitative estimate of drug-likeness (QED) is 0.393. The molecule has 0 aliphatic carbocycles. The van der Waals surface area contributed by atoms with Crippen molar-refractivity contribution < 1.29 is 51.5 Å². The number of likely N-dealkylation sites (tertiary alicyclic amines) is 1. The van der Waals surface area contributed by atoms with E-state index < -0.39 is 0 Å². The number of hydrogen-bond donors (Lipinski definition) is 0. The minimum absolute atomic E-state index is 0. The molecule has 0 unspecified atom stereocenters. The van der Waals surface area contributed by atoms with E-state index in [2.05, 4.69) is 32.0 Å². The Kier molecular flexibility index (Phi) is 10.5. The van der Waals surface area contributed by atoms with Gasteiger partial charge in [0.2, 0.25) is 0 Å². The van der Waals surface area contributed by atoms with Crippen LogP contribution in [0.2, 0.25) is 0 Å². The van der Waals surface area contributed by atoms with Gasteiger partial charge in [0.25, 0.3) is 0 Å². The summed E-state index contributed by atoms with van der Waals surface area (Å²) in [6.45, 7) is 9.43. The molecule has 4 nitrogen and oxygen atoms in total. The molecule has 0 spiro atoms. The first-order valence-corrected chi connectivity index (χ1v) is 10.9. The van der Waals surface area contributed by atoms with Crippen molar-refractivity contribution in [1.82, 2.24) is 0 Å². The largest absolute Gasteiger partial charge is 0.487 e. The molecular formula is C25H34NO3Y+. The number of quaternary nitrogens is 1. The fourth-order valence-electron chi connectivity index (χ4n) is 4.28. The Bertz CT molecular complexity index is 766. The molecule has 0 N–H and O–H groups in total. The van der Waals surface area contributed by atoms with Gasteiger partial charge in [-0.3, -0.25) is 0 Å². The van der Waals surface area contributed by atoms with Crippen LogP contribution < -0.4 is 4.74 Å². The van der Waals surface area contributed by atoms with Crippen molar-refractivity contribution in [1.29, 1.82) is 0 Å². The molecule has 1 saturated heterocycles. The van der Waals surface area contributed by atoms with Crippen molar-refractivity contribution in [2.24, 2.45) is 0 Å². The average molecular weight is 485 g/mol. The van der Waals surface area contributed by atoms with Crippen LogP contribution in [0.4, 0.5) is 0 Å². The smallest absolute Gasteiger partial charge is 0.338 e. The Hall–Kier alpha value is -1.23. The van der Waals surface area contributed by atoms with Gasteiger partial charge in [0, 0.05) is 32.7 Å². The Morgan fingerprint density at radius 1 is 0.833 bits per heavy atom. The van der Waals surface area contributed by atoms with Gasteiger partial charge in [-0.2, -0.15) is 0 Å². The van der Waals surface area contributed by atoms with Gasteiger partial charge in [-0.25, -0.2) is 4.79 Å². The molecule has 159 valence electrons. The van der Waals surface area contributed by atoms with Gasteiger partial charge in [-0.1, -0.05) is 36.4 Å². The first-order chi connectivity index (χ1) is 14.1. The van der Waals surface area contributed by atoms with E-state index in [1.54, 1.807) is 12.1 Å². The molecule has 1 aliphatic rings. The molecule has 3 rings (SSSR count). The van der Waals surface area contributed by atoms with E-state index in [1.165, 1.54) is 36.8 Å². The number of nitrogens with zero attached hydrogens (tertiary/aromatic N) is 1. The van der Waals surface area contributed by atoms with E-state index in [0.29, 0.717) is 18.8 Å². The van der Waals surface area contributed by atoms with Gasteiger partial charge in [-0.15, -0.1) is 0 Å². The topological polar surface area (TPSA) is 35.5 Å². The van der Waals surface area contributed by atoms with E-state index in [-0.39, 0.29) is 38.7 Å². The Labute approximate surface area is 206 Å². The normalized spacial score (nSPS) is 15.5. The van der Waals surface area contributed by atoms with Crippen LogP contribution >= 0.6 is 0 Å². The second kappa shape index (κ2) is 12.6. The van der Waals surface area contributed by atoms with Gasteiger partial charge >= 0.3 is 5.97 Å². The second-order valence-electron chi connectivity index (χ2n) is 8.22. The van der Waals surface area contributed by atoms with Crippen LogP contribution in [-0.2, 0) is 37.4 Å². The van der Waals surface area contributed by atoms with Crippen molar-refractivity contribution in [3.8, 4) is 5.75 Å². The zero-order chi connectivity index (χ0) is 20.5. The number of benzene rings is 2. The number of carbonyl (C=O) groups is 1. The van der Waals surface area contributed by atoms with Crippen LogP contribution in [0.15, 0.2) is 48.5 Å². The molecule has 2 aromatic rings. The maximum atomic E-state index is 12.3. The fraction of sp³-hybridized carbons (Fsp3) is 0.480. The van der Waals surface area contributed by atoms with Gasteiger partial charge in [-0.05, 0) is 62.8 Å². The predicted molar refractivity (Wildman–Crippen MR) is 116 cm³/mol. The zero-order valence-corrected chi connectivity index (χ0v) is 21.3. The molecule has 0 aromatic heterocycles. The molecule has 0 saturated carbocycles. The number of para-hydroxylation sites is 1. The third kappa shape index (κ3) is 7.18. The summed E-state index contributed by atoms with van der Waals surface area (Å²) in [6.07, 6.45) is 5.05. The van der Waals surface area contributed by atoms with Gasteiger partial charge in [0.05, 0.1) is 18.7 Å². The van der Waals surface area contributed by atoms with E-state index >= 15 is 0 Å². The molecule has 30 heavy (non-hydrogen) atoms. The Morgan fingerprint density at radius 3 is 2.07 bits per heavy atom. The average Bonchev–Trinajstić information content (AvgIpc) is 2.97. The third-order valence-electron chi connectivity index (χ3n) is 6.04. The number of ether oxygens (including phenoxy) is 2. The molecule has 0 amide bonds. The third-order valence-corrected chi connectivity index (χ3v) is 6.04. The van der Waals surface area contributed by atoms with E-state index in [0.717, 1.165) is 36.4 Å². The molecule has 1 aliphatic heterocycles. The number of rotatable bonds is 8. The van der Waals surface area contributed by atoms with E-state index in [4.69, 9.17) is 9.47 Å². The number of aryl methyl sites for hydroxylation is 2. The van der Waals surface area contributed by atoms with Crippen LogP contribution in [0, 0.1) is 13.8 Å². The summed E-state index contributed by atoms with van der Waals surface area (Å²) in [7, 11) is 0. The summed E-state index contributed by atoms with van der Waals surface area (Å²) >= 11 is 0. The van der Waals surface area contributed by atoms with E-state index in [9.17, 15) is 4.79 Å². The molecule has 1 radical (unpaired) electrons. The SMILES string of the molecule is Cc1cccc(C)c1OCC[N+]1(CCOC(=O)c2ccccc2)CCCCCC1.[Y]. The first-order valence-electron chi connectivity index (χ1n) is 10.9. The minimum Gasteiger partial charge on any atom is -0.487 e. The van der Waals surface area contributed by atoms with Gasteiger partial charge in [0.1, 0.15) is 32.1 Å². The molecule has 2 aromatic carbocycles. The molecular weight excluding hydrogens is 451 g/mol. The number of esters is 1. The van der Waals surface area contributed by atoms with Crippen molar-refractivity contribution in [2.45, 2.75) is 39.5 Å². The predicted octanol–water partition coefficient (Wildman–Crippen LogP) is 4.93. The van der Waals surface area contributed by atoms with Gasteiger partial charge < -0.3 is 14.0 Å². The van der Waals surface area contributed by atoms with Gasteiger partial charge in [0.15, 0.2) is 0 Å². The van der Waals surface area contributed by atoms with Crippen LogP contribution in [0.1, 0.15) is 47.2 Å². The number of hydrogen-bond acceptors (Lipinski definition) is 3. The monoisotopic (exact) mass is 485 g/mol. The van der Waals surface area contributed by atoms with Crippen LogP contribution in [0.5, 0.6) is 5.75 Å². The zero-order valence-electron chi connectivity index (χ0n) is 18.4. The first kappa shape index (κ1) is 25.0. The van der Waals surface area contributed by atoms with Crippen LogP contribution in [-0.4, -0.2) is 49.8 Å². The summed E-state index contributed by atoms with van der Waals surface area (Å²) in [5.41, 5.74) is 2.99. The van der Waals surface area contributed by atoms with Crippen LogP contribution in [0.25, 0.3) is 0 Å². The molecule has 1 fully saturated rings. The standard InChI is InChI=1S/C25H34NO3.Y/c1-21-11-10-12-22(2)24(21)28-19-17-26(15-8-3-4-9-16-26)18-20-29-25(27)23-13-6-5-7-14-23;/h5-7,10-14H,3-4,8-9,15-20H2,1-2H3;/q+1;. The Morgan fingerprint density at radius 2 is 1.43 bits per heavy atom. The van der Waals surface area contributed by atoms with Crippen molar-refractivity contribution in [2.75, 3.05) is 39.4 Å². The maximum Gasteiger partial charge on any atom is 0.338 e. The van der Waals surface area contributed by atoms with Crippen LogP contribution in [0.3, 0.4) is 0 Å². The minimum atomic E-state index is -0.231. The Balaban J connectivity index is 0.00000320. The molecule has 0 atom stereocenters. The number of carbonyl (C=O) groups excluding carboxylic acids is 1. The summed E-state index contributed by atoms with van der Waals surface area (Å²) in [4.78, 5) is 12.3. The molecule has 0 bridgehead atoms. The van der Waals surface area contributed by atoms with Crippen molar-refractivity contribution >= 4 is 5.97 Å². The van der Waals surface area contributed by atoms with Crippen molar-refractivity contribution in [3.63, 3.8) is 0 Å². The summed E-state index contributed by atoms with van der Waals surface area (Å²) in [5, 5.41) is 0. The summed E-state index contributed by atoms with van der Waals surface area (Å²) in [5.74, 6) is 0.779. The molecule has 5 heteroatoms.